The summed E-state index contributed by atoms with van der Waals surface area (Å²) < 4.78 is 34.6. The summed E-state index contributed by atoms with van der Waals surface area (Å²) >= 11 is 0. The number of aromatic hydroxyl groups is 1. The molecule has 2 aliphatic rings. The van der Waals surface area contributed by atoms with Crippen molar-refractivity contribution in [3.05, 3.63) is 76.9 Å². The largest absolute Gasteiger partial charge is 0.502 e. The molecule has 16 heteroatoms. The summed E-state index contributed by atoms with van der Waals surface area (Å²) in [7, 11) is 2.76. The lowest BCUT2D eigenvalue weighted by Crippen LogP contribution is -2.67. The van der Waals surface area contributed by atoms with E-state index in [2.05, 4.69) is 10.3 Å². The highest BCUT2D eigenvalue weighted by Gasteiger charge is 2.56. The number of carbonyl (C=O) groups is 2. The third-order valence-electron chi connectivity index (χ3n) is 8.48. The van der Waals surface area contributed by atoms with E-state index in [1.54, 1.807) is 0 Å². The molecule has 2 heterocycles. The molecule has 5 rings (SSSR count). The van der Waals surface area contributed by atoms with Crippen LogP contribution >= 0.6 is 0 Å². The predicted octanol–water partition coefficient (Wildman–Crippen LogP) is 0.951. The Bertz CT molecular complexity index is 1720. The Morgan fingerprint density at radius 3 is 2.52 bits per heavy atom. The van der Waals surface area contributed by atoms with Crippen molar-refractivity contribution < 1.29 is 63.5 Å². The second kappa shape index (κ2) is 15.5. The number of phenolic OH excluding ortho intramolecular Hbond substituents is 1. The summed E-state index contributed by atoms with van der Waals surface area (Å²) in [5.74, 6) is -2.62. The van der Waals surface area contributed by atoms with Gasteiger partial charge in [-0.2, -0.15) is 0 Å². The third kappa shape index (κ3) is 7.63. The summed E-state index contributed by atoms with van der Waals surface area (Å²) in [6.45, 7) is -0.612. The maximum atomic E-state index is 13.5. The number of guanidine groups is 1. The molecule has 3 aromatic rings. The van der Waals surface area contributed by atoms with Gasteiger partial charge in [0.2, 0.25) is 12.0 Å². The van der Waals surface area contributed by atoms with Crippen LogP contribution in [0.3, 0.4) is 0 Å². The van der Waals surface area contributed by atoms with Crippen LogP contribution in [0.1, 0.15) is 38.3 Å². The van der Waals surface area contributed by atoms with E-state index in [0.717, 1.165) is 5.56 Å². The summed E-state index contributed by atoms with van der Waals surface area (Å²) in [6.07, 6.45) is -6.68. The Balaban J connectivity index is 1.39. The lowest BCUT2D eigenvalue weighted by atomic mass is 9.81. The Morgan fingerprint density at radius 2 is 1.82 bits per heavy atom. The number of rotatable bonds is 11. The van der Waals surface area contributed by atoms with Crippen LogP contribution < -0.4 is 30.0 Å². The fourth-order valence-electron chi connectivity index (χ4n) is 5.71. The quantitative estimate of drug-likeness (QED) is 0.0639. The smallest absolute Gasteiger partial charge is 0.338 e. The summed E-state index contributed by atoms with van der Waals surface area (Å²) in [5.41, 5.74) is 4.98. The Kier molecular flexibility index (Phi) is 11.2. The van der Waals surface area contributed by atoms with E-state index in [1.807, 2.05) is 30.3 Å². The minimum absolute atomic E-state index is 0.0107. The second-order valence-corrected chi connectivity index (χ2v) is 11.6. The molecular formula is C34H39N3O13. The SMILES string of the molecule is CN=C(N)NCOc1cc(C(=O)O)ccc1O[C@H]1O[C@@]2(CCc3c(cc(OCCc4ccccc4)c(O)c3OC)C(=O)OC2)[C@@H](O)[C@H](O)[C@H]1O. The molecule has 0 radical (unpaired) electrons. The van der Waals surface area contributed by atoms with Gasteiger partial charge in [-0.3, -0.25) is 4.99 Å². The number of benzene rings is 3. The summed E-state index contributed by atoms with van der Waals surface area (Å²) in [6, 6.07) is 14.6. The lowest BCUT2D eigenvalue weighted by molar-refractivity contribution is -0.320. The van der Waals surface area contributed by atoms with Gasteiger partial charge >= 0.3 is 11.9 Å². The van der Waals surface area contributed by atoms with Gasteiger partial charge in [0.1, 0.15) is 30.5 Å². The number of cyclic esters (lactones) is 1. The molecule has 0 saturated carbocycles. The second-order valence-electron chi connectivity index (χ2n) is 11.6. The topological polar surface area (TPSA) is 241 Å². The fraction of sp³-hybridized carbons (Fsp3) is 0.382. The number of nitrogens with two attached hydrogens (primary N) is 1. The molecule has 2 aliphatic heterocycles. The number of aliphatic hydroxyl groups is 3. The first-order valence-corrected chi connectivity index (χ1v) is 15.6. The standard InChI is InChI=1S/C34H39N3O13/c1-36-33(35)37-17-48-23-14-19(30(42)43)8-9-22(23)49-32-27(40)26(39)29(41)34(50-32)12-10-20-21(31(44)47-16-34)15-24(25(38)28(20)45-2)46-13-11-18-6-4-3-5-7-18/h3-9,14-15,26-27,29,32,38-41H,10-13,16-17H2,1-2H3,(H,42,43)(H3,35,36,37)/t26-,27-,29+,32+,34-/m1/s1. The van der Waals surface area contributed by atoms with Gasteiger partial charge in [-0.05, 0) is 42.7 Å². The van der Waals surface area contributed by atoms with Crippen molar-refractivity contribution in [2.45, 2.75) is 49.5 Å². The average molecular weight is 698 g/mol. The molecule has 8 N–H and O–H groups in total. The molecule has 5 atom stereocenters. The zero-order valence-electron chi connectivity index (χ0n) is 27.3. The number of aliphatic imine (C=N–C) groups is 1. The van der Waals surface area contributed by atoms with E-state index in [0.29, 0.717) is 6.42 Å². The van der Waals surface area contributed by atoms with E-state index < -0.39 is 48.7 Å². The number of esters is 1. The van der Waals surface area contributed by atoms with Crippen LogP contribution in [0.15, 0.2) is 59.6 Å². The van der Waals surface area contributed by atoms with Crippen molar-refractivity contribution in [1.82, 2.24) is 5.32 Å². The van der Waals surface area contributed by atoms with Crippen LogP contribution in [0.4, 0.5) is 0 Å². The summed E-state index contributed by atoms with van der Waals surface area (Å²) in [5, 5.41) is 56.3. The van der Waals surface area contributed by atoms with Gasteiger partial charge in [-0.15, -0.1) is 0 Å². The Hall–Kier alpha value is -5.29. The van der Waals surface area contributed by atoms with Crippen LogP contribution in [-0.2, 0) is 22.3 Å². The van der Waals surface area contributed by atoms with Crippen molar-refractivity contribution in [2.24, 2.45) is 10.7 Å². The average Bonchev–Trinajstić information content (AvgIpc) is 3.11. The van der Waals surface area contributed by atoms with Crippen LogP contribution in [0.25, 0.3) is 0 Å². The van der Waals surface area contributed by atoms with Crippen molar-refractivity contribution in [2.75, 3.05) is 34.1 Å². The molecule has 50 heavy (non-hydrogen) atoms. The van der Waals surface area contributed by atoms with Gasteiger partial charge in [-0.1, -0.05) is 30.3 Å². The number of phenols is 1. The zero-order chi connectivity index (χ0) is 36.0. The molecule has 0 aliphatic carbocycles. The minimum Gasteiger partial charge on any atom is -0.502 e. The van der Waals surface area contributed by atoms with Gasteiger partial charge < -0.3 is 65.0 Å². The van der Waals surface area contributed by atoms with Gasteiger partial charge in [0.15, 0.2) is 35.7 Å². The number of aliphatic hydroxyl groups excluding tert-OH is 3. The molecule has 16 nitrogen and oxygen atoms in total. The number of ether oxygens (including phenoxy) is 6. The first kappa shape index (κ1) is 36.0. The zero-order valence-corrected chi connectivity index (χ0v) is 27.3. The highest BCUT2D eigenvalue weighted by molar-refractivity contribution is 5.93. The third-order valence-corrected chi connectivity index (χ3v) is 8.48. The first-order valence-electron chi connectivity index (χ1n) is 15.6. The number of carboxylic acid groups (broad SMARTS) is 1. The van der Waals surface area contributed by atoms with Crippen molar-refractivity contribution in [1.29, 1.82) is 0 Å². The normalized spacial score (nSPS) is 23.5. The van der Waals surface area contributed by atoms with Crippen LogP contribution in [0.2, 0.25) is 0 Å². The number of fused-ring (bicyclic) bond motifs is 1. The maximum absolute atomic E-state index is 13.5. The summed E-state index contributed by atoms with van der Waals surface area (Å²) in [4.78, 5) is 28.8. The number of hydrogen-bond acceptors (Lipinski definition) is 13. The highest BCUT2D eigenvalue weighted by atomic mass is 16.7. The predicted molar refractivity (Wildman–Crippen MR) is 175 cm³/mol. The van der Waals surface area contributed by atoms with E-state index >= 15 is 0 Å². The number of nitrogens with one attached hydrogen (secondary N) is 1. The Morgan fingerprint density at radius 1 is 1.06 bits per heavy atom. The van der Waals surface area contributed by atoms with Gasteiger partial charge in [0, 0.05) is 19.0 Å². The van der Waals surface area contributed by atoms with Crippen molar-refractivity contribution in [3.63, 3.8) is 0 Å². The van der Waals surface area contributed by atoms with E-state index in [-0.39, 0.29) is 77.6 Å². The molecular weight excluding hydrogens is 658 g/mol. The number of carboxylic acids is 1. The number of carbonyl (C=O) groups excluding carboxylic acids is 1. The monoisotopic (exact) mass is 697 g/mol. The van der Waals surface area contributed by atoms with Gasteiger partial charge in [0.25, 0.3) is 0 Å². The highest BCUT2D eigenvalue weighted by Crippen LogP contribution is 2.45. The van der Waals surface area contributed by atoms with Gasteiger partial charge in [0.05, 0.1) is 24.8 Å². The maximum Gasteiger partial charge on any atom is 0.338 e. The number of hydrogen-bond donors (Lipinski definition) is 7. The molecule has 0 unspecified atom stereocenters. The van der Waals surface area contributed by atoms with E-state index in [4.69, 9.17) is 34.2 Å². The number of nitrogens with zero attached hydrogens (tertiary/aromatic N) is 1. The minimum atomic E-state index is -1.84. The van der Waals surface area contributed by atoms with Crippen LogP contribution in [-0.4, -0.2) is 108 Å². The molecule has 0 amide bonds. The van der Waals surface area contributed by atoms with E-state index in [9.17, 15) is 35.1 Å². The molecule has 1 spiro atoms. The fourth-order valence-corrected chi connectivity index (χ4v) is 5.71. The molecule has 0 aromatic heterocycles. The number of methoxy groups -OCH3 is 1. The van der Waals surface area contributed by atoms with Crippen molar-refractivity contribution in [3.8, 4) is 28.7 Å². The van der Waals surface area contributed by atoms with Crippen LogP contribution in [0, 0.1) is 0 Å². The van der Waals surface area contributed by atoms with Gasteiger partial charge in [-0.25, -0.2) is 9.59 Å². The number of aromatic carboxylic acids is 1. The Labute approximate surface area is 286 Å². The van der Waals surface area contributed by atoms with Crippen LogP contribution in [0.5, 0.6) is 28.7 Å². The first-order chi connectivity index (χ1) is 24.0. The lowest BCUT2D eigenvalue weighted by Gasteiger charge is -2.48. The molecule has 0 bridgehead atoms. The van der Waals surface area contributed by atoms with Crippen molar-refractivity contribution >= 4 is 17.9 Å². The molecule has 268 valence electrons. The molecule has 1 saturated heterocycles. The molecule has 3 aromatic carbocycles. The van der Waals surface area contributed by atoms with E-state index in [1.165, 1.54) is 38.4 Å². The molecule has 1 fully saturated rings.